The molecule has 20 heavy (non-hydrogen) atoms. The number of carbonyl (C=O) groups excluding carboxylic acids is 2. The molecular weight excluding hydrogens is 260 g/mol. The van der Waals surface area contributed by atoms with Crippen LogP contribution in [0.5, 0.6) is 0 Å². The average molecular weight is 280 g/mol. The minimum absolute atomic E-state index is 0.0857. The quantitative estimate of drug-likeness (QED) is 0.740. The largest absolute Gasteiger partial charge is 0.481 e. The first-order valence-electron chi connectivity index (χ1n) is 6.48. The molecule has 1 atom stereocenters. The van der Waals surface area contributed by atoms with E-state index in [1.165, 1.54) is 6.92 Å². The number of hydrogen-bond donors (Lipinski definition) is 2. The molecule has 6 heteroatoms. The maximum atomic E-state index is 12.0. The van der Waals surface area contributed by atoms with Crippen LogP contribution in [-0.4, -0.2) is 33.9 Å². The number of aliphatic carboxylic acids is 1. The SMILES string of the molecule is CC(=O)c1cc(C(=O)NCC(C)CCC(=O)O)n(C)c1. The molecule has 1 aromatic heterocycles. The number of aromatic nitrogens is 1. The molecular formula is C14H20N2O4. The third-order valence-electron chi connectivity index (χ3n) is 3.11. The number of amides is 1. The molecule has 0 saturated carbocycles. The van der Waals surface area contributed by atoms with E-state index in [0.717, 1.165) is 0 Å². The number of Topliss-reactive ketones (excluding diaryl/α,β-unsaturated/α-hetero) is 1. The van der Waals surface area contributed by atoms with Gasteiger partial charge in [0.1, 0.15) is 5.69 Å². The monoisotopic (exact) mass is 280 g/mol. The summed E-state index contributed by atoms with van der Waals surface area (Å²) in [5, 5.41) is 11.3. The van der Waals surface area contributed by atoms with Gasteiger partial charge in [-0.25, -0.2) is 0 Å². The van der Waals surface area contributed by atoms with Crippen molar-refractivity contribution in [3.63, 3.8) is 0 Å². The van der Waals surface area contributed by atoms with Crippen molar-refractivity contribution in [1.82, 2.24) is 9.88 Å². The number of aryl methyl sites for hydroxylation is 1. The van der Waals surface area contributed by atoms with Crippen molar-refractivity contribution in [2.45, 2.75) is 26.7 Å². The summed E-state index contributed by atoms with van der Waals surface area (Å²) in [4.78, 5) is 33.7. The molecule has 0 aliphatic rings. The third kappa shape index (κ3) is 4.53. The van der Waals surface area contributed by atoms with E-state index in [1.807, 2.05) is 6.92 Å². The van der Waals surface area contributed by atoms with Crippen LogP contribution in [0.4, 0.5) is 0 Å². The van der Waals surface area contributed by atoms with Gasteiger partial charge in [0, 0.05) is 31.8 Å². The van der Waals surface area contributed by atoms with Gasteiger partial charge in [0.15, 0.2) is 5.78 Å². The average Bonchev–Trinajstić information content (AvgIpc) is 2.75. The summed E-state index contributed by atoms with van der Waals surface area (Å²) in [6.07, 6.45) is 2.22. The third-order valence-corrected chi connectivity index (χ3v) is 3.11. The Kier molecular flexibility index (Phi) is 5.49. The van der Waals surface area contributed by atoms with E-state index in [4.69, 9.17) is 5.11 Å². The van der Waals surface area contributed by atoms with Crippen molar-refractivity contribution in [1.29, 1.82) is 0 Å². The lowest BCUT2D eigenvalue weighted by molar-refractivity contribution is -0.137. The summed E-state index contributed by atoms with van der Waals surface area (Å²) < 4.78 is 1.61. The van der Waals surface area contributed by atoms with Crippen LogP contribution in [0.25, 0.3) is 0 Å². The molecule has 0 spiro atoms. The summed E-state index contributed by atoms with van der Waals surface area (Å²) in [7, 11) is 1.70. The number of nitrogens with zero attached hydrogens (tertiary/aromatic N) is 1. The minimum atomic E-state index is -0.836. The van der Waals surface area contributed by atoms with Gasteiger partial charge in [-0.1, -0.05) is 6.92 Å². The van der Waals surface area contributed by atoms with Gasteiger partial charge in [0.25, 0.3) is 5.91 Å². The van der Waals surface area contributed by atoms with Gasteiger partial charge in [0.05, 0.1) is 0 Å². The second kappa shape index (κ2) is 6.88. The summed E-state index contributed by atoms with van der Waals surface area (Å²) in [5.74, 6) is -1.10. The summed E-state index contributed by atoms with van der Waals surface area (Å²) >= 11 is 0. The normalized spacial score (nSPS) is 11.9. The molecule has 110 valence electrons. The lowest BCUT2D eigenvalue weighted by atomic mass is 10.1. The van der Waals surface area contributed by atoms with Crippen LogP contribution in [-0.2, 0) is 11.8 Å². The topological polar surface area (TPSA) is 88.4 Å². The first-order valence-corrected chi connectivity index (χ1v) is 6.48. The molecule has 0 fully saturated rings. The predicted octanol–water partition coefficient (Wildman–Crippen LogP) is 1.46. The first kappa shape index (κ1) is 15.9. The standard InChI is InChI=1S/C14H20N2O4/c1-9(4-5-13(18)19)7-15-14(20)12-6-11(10(2)17)8-16(12)3/h6,8-9H,4-5,7H2,1-3H3,(H,15,20)(H,18,19). The molecule has 0 bridgehead atoms. The molecule has 0 radical (unpaired) electrons. The summed E-state index contributed by atoms with van der Waals surface area (Å²) in [6, 6.07) is 1.56. The Labute approximate surface area is 117 Å². The molecule has 0 aromatic carbocycles. The maximum Gasteiger partial charge on any atom is 0.303 e. The Morgan fingerprint density at radius 1 is 1.40 bits per heavy atom. The molecule has 1 amide bonds. The molecule has 1 rings (SSSR count). The molecule has 0 aliphatic heterocycles. The van der Waals surface area contributed by atoms with Crippen molar-refractivity contribution in [3.05, 3.63) is 23.5 Å². The first-order chi connectivity index (χ1) is 9.31. The van der Waals surface area contributed by atoms with Crippen LogP contribution in [0.1, 0.15) is 47.5 Å². The van der Waals surface area contributed by atoms with Gasteiger partial charge >= 0.3 is 5.97 Å². The zero-order valence-electron chi connectivity index (χ0n) is 12.0. The lowest BCUT2D eigenvalue weighted by Crippen LogP contribution is -2.29. The van der Waals surface area contributed by atoms with Crippen LogP contribution in [0, 0.1) is 5.92 Å². The number of ketones is 1. The second-order valence-electron chi connectivity index (χ2n) is 5.03. The van der Waals surface area contributed by atoms with E-state index in [-0.39, 0.29) is 24.0 Å². The summed E-state index contributed by atoms with van der Waals surface area (Å²) in [6.45, 7) is 3.74. The highest BCUT2D eigenvalue weighted by atomic mass is 16.4. The molecule has 1 aromatic rings. The number of carbonyl (C=O) groups is 3. The van der Waals surface area contributed by atoms with E-state index < -0.39 is 5.97 Å². The smallest absolute Gasteiger partial charge is 0.303 e. The van der Waals surface area contributed by atoms with E-state index >= 15 is 0 Å². The number of nitrogens with one attached hydrogen (secondary N) is 1. The number of carboxylic acid groups (broad SMARTS) is 1. The molecule has 2 N–H and O–H groups in total. The molecule has 6 nitrogen and oxygen atoms in total. The molecule has 1 heterocycles. The van der Waals surface area contributed by atoms with Crippen molar-refractivity contribution in [2.24, 2.45) is 13.0 Å². The Bertz CT molecular complexity index is 519. The van der Waals surface area contributed by atoms with Crippen LogP contribution in [0.15, 0.2) is 12.3 Å². The van der Waals surface area contributed by atoms with Gasteiger partial charge in [-0.15, -0.1) is 0 Å². The van der Waals surface area contributed by atoms with Crippen LogP contribution in [0.3, 0.4) is 0 Å². The van der Waals surface area contributed by atoms with E-state index in [9.17, 15) is 14.4 Å². The van der Waals surface area contributed by atoms with Crippen molar-refractivity contribution in [3.8, 4) is 0 Å². The predicted molar refractivity (Wildman–Crippen MR) is 73.8 cm³/mol. The van der Waals surface area contributed by atoms with E-state index in [0.29, 0.717) is 24.2 Å². The minimum Gasteiger partial charge on any atom is -0.481 e. The van der Waals surface area contributed by atoms with Crippen molar-refractivity contribution in [2.75, 3.05) is 6.54 Å². The highest BCUT2D eigenvalue weighted by Gasteiger charge is 2.14. The maximum absolute atomic E-state index is 12.0. The van der Waals surface area contributed by atoms with E-state index in [1.54, 1.807) is 23.9 Å². The van der Waals surface area contributed by atoms with E-state index in [2.05, 4.69) is 5.32 Å². The highest BCUT2D eigenvalue weighted by Crippen LogP contribution is 2.09. The Morgan fingerprint density at radius 3 is 2.55 bits per heavy atom. The Hall–Kier alpha value is -2.11. The van der Waals surface area contributed by atoms with Crippen LogP contribution in [0.2, 0.25) is 0 Å². The fourth-order valence-corrected chi connectivity index (χ4v) is 1.81. The van der Waals surface area contributed by atoms with Crippen LogP contribution < -0.4 is 5.32 Å². The zero-order chi connectivity index (χ0) is 15.3. The van der Waals surface area contributed by atoms with Crippen molar-refractivity contribution >= 4 is 17.7 Å². The fourth-order valence-electron chi connectivity index (χ4n) is 1.81. The van der Waals surface area contributed by atoms with Crippen LogP contribution >= 0.6 is 0 Å². The number of carboxylic acids is 1. The Balaban J connectivity index is 2.54. The zero-order valence-corrected chi connectivity index (χ0v) is 12.0. The van der Waals surface area contributed by atoms with Gasteiger partial charge in [-0.05, 0) is 25.3 Å². The number of hydrogen-bond acceptors (Lipinski definition) is 3. The summed E-state index contributed by atoms with van der Waals surface area (Å²) in [5.41, 5.74) is 0.914. The molecule has 0 saturated heterocycles. The second-order valence-corrected chi connectivity index (χ2v) is 5.03. The Morgan fingerprint density at radius 2 is 2.05 bits per heavy atom. The van der Waals surface area contributed by atoms with Gasteiger partial charge in [-0.3, -0.25) is 14.4 Å². The molecule has 0 aliphatic carbocycles. The lowest BCUT2D eigenvalue weighted by Gasteiger charge is -2.11. The van der Waals surface area contributed by atoms with Gasteiger partial charge < -0.3 is 15.0 Å². The highest BCUT2D eigenvalue weighted by molar-refractivity contribution is 5.99. The van der Waals surface area contributed by atoms with Gasteiger partial charge in [0.2, 0.25) is 0 Å². The van der Waals surface area contributed by atoms with Gasteiger partial charge in [-0.2, -0.15) is 0 Å². The number of rotatable bonds is 7. The van der Waals surface area contributed by atoms with Crippen molar-refractivity contribution < 1.29 is 19.5 Å². The fraction of sp³-hybridized carbons (Fsp3) is 0.500. The molecule has 1 unspecified atom stereocenters.